The van der Waals surface area contributed by atoms with E-state index in [4.69, 9.17) is 21.1 Å². The summed E-state index contributed by atoms with van der Waals surface area (Å²) in [7, 11) is 3.67. The van der Waals surface area contributed by atoms with Crippen molar-refractivity contribution < 1.29 is 9.47 Å². The molecule has 4 heteroatoms. The maximum absolute atomic E-state index is 5.92. The van der Waals surface area contributed by atoms with Gasteiger partial charge >= 0.3 is 0 Å². The van der Waals surface area contributed by atoms with Crippen molar-refractivity contribution in [1.29, 1.82) is 0 Å². The summed E-state index contributed by atoms with van der Waals surface area (Å²) >= 11 is 5.92. The molecule has 0 fully saturated rings. The van der Waals surface area contributed by atoms with Crippen molar-refractivity contribution in [2.24, 2.45) is 0 Å². The lowest BCUT2D eigenvalue weighted by atomic mass is 9.94. The predicted molar refractivity (Wildman–Crippen MR) is 80.0 cm³/mol. The topological polar surface area (TPSA) is 30.5 Å². The zero-order valence-corrected chi connectivity index (χ0v) is 12.6. The SMILES string of the molecule is CNCC(CCCOCCOC)c1ccc(Cl)cc1. The summed E-state index contributed by atoms with van der Waals surface area (Å²) in [6.45, 7) is 3.10. The second-order valence-electron chi connectivity index (χ2n) is 4.55. The molecule has 0 bridgehead atoms. The van der Waals surface area contributed by atoms with E-state index in [1.54, 1.807) is 7.11 Å². The van der Waals surface area contributed by atoms with E-state index in [9.17, 15) is 0 Å². The highest BCUT2D eigenvalue weighted by Crippen LogP contribution is 2.22. The summed E-state index contributed by atoms with van der Waals surface area (Å²) in [6, 6.07) is 8.12. The van der Waals surface area contributed by atoms with Crippen LogP contribution >= 0.6 is 11.6 Å². The Morgan fingerprint density at radius 3 is 2.53 bits per heavy atom. The molecule has 1 rings (SSSR count). The molecule has 0 saturated heterocycles. The van der Waals surface area contributed by atoms with Crippen molar-refractivity contribution in [1.82, 2.24) is 5.32 Å². The highest BCUT2D eigenvalue weighted by molar-refractivity contribution is 6.30. The van der Waals surface area contributed by atoms with E-state index >= 15 is 0 Å². The van der Waals surface area contributed by atoms with Gasteiger partial charge < -0.3 is 14.8 Å². The summed E-state index contributed by atoms with van der Waals surface area (Å²) in [6.07, 6.45) is 2.16. The maximum atomic E-state index is 5.92. The van der Waals surface area contributed by atoms with Gasteiger partial charge in [0.05, 0.1) is 13.2 Å². The van der Waals surface area contributed by atoms with Gasteiger partial charge in [-0.05, 0) is 43.5 Å². The molecule has 1 atom stereocenters. The van der Waals surface area contributed by atoms with Crippen LogP contribution in [0.4, 0.5) is 0 Å². The van der Waals surface area contributed by atoms with Gasteiger partial charge in [0.2, 0.25) is 0 Å². The highest BCUT2D eigenvalue weighted by atomic mass is 35.5. The van der Waals surface area contributed by atoms with Crippen molar-refractivity contribution in [3.8, 4) is 0 Å². The summed E-state index contributed by atoms with van der Waals surface area (Å²) < 4.78 is 10.4. The highest BCUT2D eigenvalue weighted by Gasteiger charge is 2.10. The Labute approximate surface area is 121 Å². The molecule has 0 aliphatic carbocycles. The van der Waals surface area contributed by atoms with Gasteiger partial charge in [0.25, 0.3) is 0 Å². The standard InChI is InChI=1S/C15H24ClNO2/c1-17-12-14(4-3-9-19-11-10-18-2)13-5-7-15(16)8-6-13/h5-8,14,17H,3-4,9-12H2,1-2H3. The number of methoxy groups -OCH3 is 1. The molecular weight excluding hydrogens is 262 g/mol. The maximum Gasteiger partial charge on any atom is 0.0700 e. The Morgan fingerprint density at radius 1 is 1.16 bits per heavy atom. The first-order valence-electron chi connectivity index (χ1n) is 6.74. The smallest absolute Gasteiger partial charge is 0.0700 e. The van der Waals surface area contributed by atoms with Crippen LogP contribution < -0.4 is 5.32 Å². The molecule has 108 valence electrons. The number of hydrogen-bond donors (Lipinski definition) is 1. The third kappa shape index (κ3) is 6.92. The molecule has 19 heavy (non-hydrogen) atoms. The molecule has 0 heterocycles. The predicted octanol–water partition coefficient (Wildman–Crippen LogP) is 3.09. The minimum absolute atomic E-state index is 0.508. The van der Waals surface area contributed by atoms with Crippen LogP contribution in [-0.4, -0.2) is 40.5 Å². The van der Waals surface area contributed by atoms with E-state index in [2.05, 4.69) is 17.4 Å². The third-order valence-electron chi connectivity index (χ3n) is 3.06. The average molecular weight is 286 g/mol. The number of nitrogens with one attached hydrogen (secondary N) is 1. The first-order chi connectivity index (χ1) is 9.27. The van der Waals surface area contributed by atoms with Crippen LogP contribution in [0.1, 0.15) is 24.3 Å². The van der Waals surface area contributed by atoms with Crippen molar-refractivity contribution in [3.05, 3.63) is 34.9 Å². The van der Waals surface area contributed by atoms with Crippen molar-refractivity contribution in [2.45, 2.75) is 18.8 Å². The van der Waals surface area contributed by atoms with Crippen LogP contribution in [0, 0.1) is 0 Å². The Balaban J connectivity index is 2.34. The van der Waals surface area contributed by atoms with Gasteiger partial charge in [0.15, 0.2) is 0 Å². The van der Waals surface area contributed by atoms with Gasteiger partial charge in [0, 0.05) is 25.3 Å². The van der Waals surface area contributed by atoms with Crippen molar-refractivity contribution in [3.63, 3.8) is 0 Å². The van der Waals surface area contributed by atoms with Crippen LogP contribution in [-0.2, 0) is 9.47 Å². The number of benzene rings is 1. The van der Waals surface area contributed by atoms with E-state index < -0.39 is 0 Å². The first-order valence-corrected chi connectivity index (χ1v) is 7.12. The lowest BCUT2D eigenvalue weighted by molar-refractivity contribution is 0.0681. The number of ether oxygens (including phenoxy) is 2. The Morgan fingerprint density at radius 2 is 1.89 bits per heavy atom. The van der Waals surface area contributed by atoms with E-state index in [1.165, 1.54) is 5.56 Å². The summed E-state index contributed by atoms with van der Waals surface area (Å²) in [4.78, 5) is 0. The van der Waals surface area contributed by atoms with E-state index in [0.717, 1.165) is 31.0 Å². The average Bonchev–Trinajstić information content (AvgIpc) is 2.42. The molecule has 0 radical (unpaired) electrons. The van der Waals surface area contributed by atoms with Crippen LogP contribution in [0.5, 0.6) is 0 Å². The number of rotatable bonds is 10. The molecule has 0 saturated carbocycles. The monoisotopic (exact) mass is 285 g/mol. The fourth-order valence-corrected chi connectivity index (χ4v) is 2.17. The minimum atomic E-state index is 0.508. The fourth-order valence-electron chi connectivity index (χ4n) is 2.04. The molecule has 0 aromatic heterocycles. The van der Waals surface area contributed by atoms with Gasteiger partial charge in [-0.2, -0.15) is 0 Å². The lowest BCUT2D eigenvalue weighted by Crippen LogP contribution is -2.18. The number of hydrogen-bond acceptors (Lipinski definition) is 3. The third-order valence-corrected chi connectivity index (χ3v) is 3.32. The van der Waals surface area contributed by atoms with Crippen LogP contribution in [0.3, 0.4) is 0 Å². The van der Waals surface area contributed by atoms with E-state index in [1.807, 2.05) is 19.2 Å². The summed E-state index contributed by atoms with van der Waals surface area (Å²) in [5.41, 5.74) is 1.33. The van der Waals surface area contributed by atoms with Crippen LogP contribution in [0.15, 0.2) is 24.3 Å². The minimum Gasteiger partial charge on any atom is -0.382 e. The van der Waals surface area contributed by atoms with Gasteiger partial charge in [-0.15, -0.1) is 0 Å². The van der Waals surface area contributed by atoms with Gasteiger partial charge in [0.1, 0.15) is 0 Å². The largest absolute Gasteiger partial charge is 0.382 e. The Bertz CT molecular complexity index is 329. The molecule has 1 aromatic carbocycles. The van der Waals surface area contributed by atoms with Crippen molar-refractivity contribution >= 4 is 11.6 Å². The van der Waals surface area contributed by atoms with E-state index in [0.29, 0.717) is 19.1 Å². The van der Waals surface area contributed by atoms with Crippen LogP contribution in [0.25, 0.3) is 0 Å². The normalized spacial score (nSPS) is 12.6. The van der Waals surface area contributed by atoms with Gasteiger partial charge in [-0.1, -0.05) is 23.7 Å². The van der Waals surface area contributed by atoms with Crippen LogP contribution in [0.2, 0.25) is 5.02 Å². The van der Waals surface area contributed by atoms with Gasteiger partial charge in [-0.3, -0.25) is 0 Å². The molecule has 3 nitrogen and oxygen atoms in total. The molecule has 1 aromatic rings. The zero-order chi connectivity index (χ0) is 13.9. The van der Waals surface area contributed by atoms with Gasteiger partial charge in [-0.25, -0.2) is 0 Å². The number of halogens is 1. The number of likely N-dealkylation sites (N-methyl/N-ethyl adjacent to an activating group) is 1. The Hall–Kier alpha value is -0.610. The first kappa shape index (κ1) is 16.4. The summed E-state index contributed by atoms with van der Waals surface area (Å²) in [5, 5.41) is 4.04. The quantitative estimate of drug-likeness (QED) is 0.670. The molecular formula is C15H24ClNO2. The fraction of sp³-hybridized carbons (Fsp3) is 0.600. The molecule has 1 unspecified atom stereocenters. The second-order valence-corrected chi connectivity index (χ2v) is 4.99. The zero-order valence-electron chi connectivity index (χ0n) is 11.8. The summed E-state index contributed by atoms with van der Waals surface area (Å²) in [5.74, 6) is 0.508. The van der Waals surface area contributed by atoms with Crippen molar-refractivity contribution in [2.75, 3.05) is 40.5 Å². The Kier molecular flexibility index (Phi) is 8.84. The molecule has 0 aliphatic heterocycles. The second kappa shape index (κ2) is 10.2. The molecule has 0 spiro atoms. The molecule has 0 amide bonds. The molecule has 1 N–H and O–H groups in total. The lowest BCUT2D eigenvalue weighted by Gasteiger charge is -2.17. The molecule has 0 aliphatic rings. The van der Waals surface area contributed by atoms with E-state index in [-0.39, 0.29) is 0 Å².